The molecule has 0 spiro atoms. The second kappa shape index (κ2) is 11.9. The average molecular weight is 398 g/mol. The van der Waals surface area contributed by atoms with Crippen molar-refractivity contribution in [2.75, 3.05) is 33.7 Å². The number of aliphatic carboxylic acids is 2. The quantitative estimate of drug-likeness (QED) is 0.377. The number of carbonyl (C=O) groups excluding carboxylic acids is 2. The van der Waals surface area contributed by atoms with Crippen molar-refractivity contribution < 1.29 is 56.4 Å². The van der Waals surface area contributed by atoms with E-state index in [1.807, 2.05) is 0 Å². The first-order valence-corrected chi connectivity index (χ1v) is 7.76. The number of quaternary nitrogens is 2. The van der Waals surface area contributed by atoms with E-state index in [0.717, 1.165) is 11.8 Å². The summed E-state index contributed by atoms with van der Waals surface area (Å²) in [5.41, 5.74) is 0. The van der Waals surface area contributed by atoms with E-state index in [1.165, 1.54) is 32.5 Å². The van der Waals surface area contributed by atoms with Crippen LogP contribution >= 0.6 is 0 Å². The number of nitrogens with two attached hydrogens (primary N) is 1. The van der Waals surface area contributed by atoms with E-state index >= 15 is 0 Å². The van der Waals surface area contributed by atoms with Crippen molar-refractivity contribution in [3.63, 3.8) is 0 Å². The standard InChI is InChI=1S/C10H22N2.2C2HF3O2/c1-9-7-10(9)8-11-5-4-6-12(2)3;2*3-2(4,5)1(6)7/h9-11H,4-8H2,1-3H3;2*(H,6,7). The Bertz CT molecular complexity index is 403. The van der Waals surface area contributed by atoms with Gasteiger partial charge < -0.3 is 30.0 Å². The van der Waals surface area contributed by atoms with E-state index in [-0.39, 0.29) is 0 Å². The number of nitrogens with one attached hydrogen (secondary N) is 1. The van der Waals surface area contributed by atoms with Gasteiger partial charge in [0.1, 0.15) is 11.9 Å². The molecular weight excluding hydrogens is 374 g/mol. The lowest BCUT2D eigenvalue weighted by Gasteiger charge is -2.05. The number of carboxylic acid groups (broad SMARTS) is 2. The fraction of sp³-hybridized carbons (Fsp3) is 0.857. The van der Waals surface area contributed by atoms with Crippen LogP contribution in [0.2, 0.25) is 0 Å². The zero-order valence-corrected chi connectivity index (χ0v) is 14.7. The molecule has 1 rings (SSSR count). The Morgan fingerprint density at radius 3 is 1.62 bits per heavy atom. The van der Waals surface area contributed by atoms with E-state index in [4.69, 9.17) is 19.8 Å². The van der Waals surface area contributed by atoms with Crippen LogP contribution in [0.1, 0.15) is 19.8 Å². The van der Waals surface area contributed by atoms with Crippen molar-refractivity contribution in [1.29, 1.82) is 0 Å². The van der Waals surface area contributed by atoms with Crippen molar-refractivity contribution in [3.8, 4) is 0 Å². The molecule has 0 aromatic heterocycles. The van der Waals surface area contributed by atoms with Gasteiger partial charge in [0.05, 0.1) is 33.7 Å². The maximum absolute atomic E-state index is 10.5. The van der Waals surface area contributed by atoms with Gasteiger partial charge in [-0.1, -0.05) is 6.92 Å². The third-order valence-corrected chi connectivity index (χ3v) is 3.29. The summed E-state index contributed by atoms with van der Waals surface area (Å²) in [6, 6.07) is 0. The monoisotopic (exact) mass is 398 g/mol. The fourth-order valence-corrected chi connectivity index (χ4v) is 1.66. The van der Waals surface area contributed by atoms with Crippen LogP contribution in [-0.4, -0.2) is 58.0 Å². The summed E-state index contributed by atoms with van der Waals surface area (Å²) in [6.07, 6.45) is -7.54. The van der Waals surface area contributed by atoms with Gasteiger partial charge in [-0.2, -0.15) is 26.3 Å². The molecule has 1 aliphatic rings. The topological polar surface area (TPSA) is 101 Å². The van der Waals surface area contributed by atoms with Crippen LogP contribution < -0.4 is 20.4 Å². The van der Waals surface area contributed by atoms with Crippen LogP contribution in [0.25, 0.3) is 0 Å². The van der Waals surface area contributed by atoms with Crippen LogP contribution in [0.3, 0.4) is 0 Å². The molecule has 1 fully saturated rings. The van der Waals surface area contributed by atoms with Crippen LogP contribution in [0.5, 0.6) is 0 Å². The molecule has 0 aliphatic heterocycles. The molecule has 0 aromatic carbocycles. The zero-order valence-electron chi connectivity index (χ0n) is 14.7. The highest BCUT2D eigenvalue weighted by Gasteiger charge is 2.33. The molecule has 3 N–H and O–H groups in total. The summed E-state index contributed by atoms with van der Waals surface area (Å²) in [6.45, 7) is 6.39. The second-order valence-corrected chi connectivity index (χ2v) is 6.17. The predicted octanol–water partition coefficient (Wildman–Crippen LogP) is -2.66. The number of hydrogen-bond acceptors (Lipinski definition) is 4. The highest BCUT2D eigenvalue weighted by atomic mass is 19.4. The maximum atomic E-state index is 10.5. The van der Waals surface area contributed by atoms with Gasteiger partial charge in [0.2, 0.25) is 0 Å². The first kappa shape index (κ1) is 26.7. The lowest BCUT2D eigenvalue weighted by atomic mass is 10.3. The Kier molecular flexibility index (Phi) is 12.2. The number of rotatable bonds is 6. The molecule has 0 bridgehead atoms. The van der Waals surface area contributed by atoms with E-state index < -0.39 is 24.3 Å². The molecule has 0 aromatic rings. The van der Waals surface area contributed by atoms with Crippen molar-refractivity contribution in [1.82, 2.24) is 0 Å². The zero-order chi connectivity index (χ0) is 21.1. The fourth-order valence-electron chi connectivity index (χ4n) is 1.66. The normalized spacial score (nSPS) is 19.0. The third kappa shape index (κ3) is 17.3. The molecule has 0 heterocycles. The highest BCUT2D eigenvalue weighted by molar-refractivity contribution is 5.71. The first-order chi connectivity index (χ1) is 11.6. The smallest absolute Gasteiger partial charge is 0.430 e. The minimum absolute atomic E-state index is 1.03. The number of hydrogen-bond donors (Lipinski definition) is 2. The molecule has 1 saturated carbocycles. The third-order valence-electron chi connectivity index (χ3n) is 3.29. The number of alkyl halides is 6. The predicted molar refractivity (Wildman–Crippen MR) is 73.3 cm³/mol. The highest BCUT2D eigenvalue weighted by Crippen LogP contribution is 2.35. The Labute approximate surface area is 147 Å². The molecule has 0 amide bonds. The van der Waals surface area contributed by atoms with Crippen molar-refractivity contribution in [3.05, 3.63) is 0 Å². The number of carbonyl (C=O) groups is 2. The van der Waals surface area contributed by atoms with E-state index in [9.17, 15) is 26.3 Å². The molecule has 6 nitrogen and oxygen atoms in total. The van der Waals surface area contributed by atoms with Gasteiger partial charge in [0.15, 0.2) is 0 Å². The second-order valence-electron chi connectivity index (χ2n) is 6.17. The number of carboxylic acids is 2. The van der Waals surface area contributed by atoms with Gasteiger partial charge in [-0.15, -0.1) is 0 Å². The van der Waals surface area contributed by atoms with Crippen LogP contribution in [0, 0.1) is 11.8 Å². The van der Waals surface area contributed by atoms with Gasteiger partial charge >= 0.3 is 12.4 Å². The van der Waals surface area contributed by atoms with Crippen molar-refractivity contribution >= 4 is 11.9 Å². The van der Waals surface area contributed by atoms with Crippen molar-refractivity contribution in [2.24, 2.45) is 11.8 Å². The summed E-state index contributed by atoms with van der Waals surface area (Å²) in [5, 5.41) is 20.1. The molecule has 2 atom stereocenters. The van der Waals surface area contributed by atoms with Gasteiger partial charge in [-0.05, 0) is 12.3 Å². The lowest BCUT2D eigenvalue weighted by molar-refractivity contribution is -0.860. The first-order valence-electron chi connectivity index (χ1n) is 7.76. The van der Waals surface area contributed by atoms with Crippen LogP contribution in [0.15, 0.2) is 0 Å². The molecule has 0 saturated heterocycles. The molecular formula is C14H24F6N2O4. The number of halogens is 6. The summed E-state index contributed by atoms with van der Waals surface area (Å²) >= 11 is 0. The molecule has 1 aliphatic carbocycles. The minimum atomic E-state index is -5.19. The van der Waals surface area contributed by atoms with E-state index in [1.54, 1.807) is 4.90 Å². The summed E-state index contributed by atoms with van der Waals surface area (Å²) in [4.78, 5) is 19.1. The van der Waals surface area contributed by atoms with Gasteiger partial charge in [-0.25, -0.2) is 0 Å². The van der Waals surface area contributed by atoms with E-state index in [2.05, 4.69) is 26.3 Å². The molecule has 2 unspecified atom stereocenters. The van der Waals surface area contributed by atoms with Crippen LogP contribution in [-0.2, 0) is 9.59 Å². The Balaban J connectivity index is 0. The molecule has 12 heteroatoms. The van der Waals surface area contributed by atoms with Gasteiger partial charge in [0.25, 0.3) is 0 Å². The summed E-state index contributed by atoms with van der Waals surface area (Å²) in [7, 11) is 4.45. The van der Waals surface area contributed by atoms with Gasteiger partial charge in [0, 0.05) is 12.3 Å². The van der Waals surface area contributed by atoms with Crippen molar-refractivity contribution in [2.45, 2.75) is 32.1 Å². The molecule has 0 radical (unpaired) electrons. The summed E-state index contributed by atoms with van der Waals surface area (Å²) < 4.78 is 63.1. The van der Waals surface area contributed by atoms with E-state index in [0.29, 0.717) is 0 Å². The maximum Gasteiger partial charge on any atom is 0.430 e. The van der Waals surface area contributed by atoms with Gasteiger partial charge in [-0.3, -0.25) is 0 Å². The Hall–Kier alpha value is -1.56. The summed E-state index contributed by atoms with van der Waals surface area (Å²) in [5.74, 6) is -3.93. The Morgan fingerprint density at radius 2 is 1.38 bits per heavy atom. The van der Waals surface area contributed by atoms with Crippen LogP contribution in [0.4, 0.5) is 26.3 Å². The molecule has 26 heavy (non-hydrogen) atoms. The molecule has 156 valence electrons. The minimum Gasteiger partial charge on any atom is -0.542 e. The average Bonchev–Trinajstić information content (AvgIpc) is 3.13. The largest absolute Gasteiger partial charge is 0.542 e. The SMILES string of the molecule is CC1CC1C[NH2+]CCC[NH+](C)C.O=C([O-])C(F)(F)F.O=C([O-])C(F)(F)F. The Morgan fingerprint density at radius 1 is 1.04 bits per heavy atom. The lowest BCUT2D eigenvalue weighted by Crippen LogP contribution is -3.06.